The van der Waals surface area contributed by atoms with Gasteiger partial charge in [-0.3, -0.25) is 0 Å². The third-order valence-corrected chi connectivity index (χ3v) is 3.14. The van der Waals surface area contributed by atoms with Crippen LogP contribution in [0.5, 0.6) is 0 Å². The number of hydrogen-bond donors (Lipinski definition) is 1. The highest BCUT2D eigenvalue weighted by atomic mass is 79.9. The molecule has 0 atom stereocenters. The Morgan fingerprint density at radius 2 is 2.14 bits per heavy atom. The minimum Gasteiger partial charge on any atom is -0.358 e. The predicted octanol–water partition coefficient (Wildman–Crippen LogP) is 3.72. The van der Waals surface area contributed by atoms with Crippen LogP contribution >= 0.6 is 27.5 Å². The number of allylic oxidation sites excluding steroid dienone is 8. The molecule has 3 heteroatoms. The largest absolute Gasteiger partial charge is 0.358 e. The van der Waals surface area contributed by atoms with Crippen LogP contribution in [0, 0.1) is 0 Å². The molecule has 72 valence electrons. The van der Waals surface area contributed by atoms with Crippen molar-refractivity contribution < 1.29 is 0 Å². The molecule has 1 N–H and O–H groups in total. The molecule has 0 aromatic rings. The molecule has 1 aliphatic carbocycles. The second-order valence-corrected chi connectivity index (χ2v) is 4.46. The number of halogens is 2. The first-order valence-corrected chi connectivity index (χ1v) is 5.45. The smallest absolute Gasteiger partial charge is 0.0456 e. The van der Waals surface area contributed by atoms with E-state index in [0.717, 1.165) is 26.5 Å². The maximum atomic E-state index is 5.97. The zero-order valence-corrected chi connectivity index (χ0v) is 9.98. The van der Waals surface area contributed by atoms with E-state index in [2.05, 4.69) is 27.3 Å². The second-order valence-electron chi connectivity index (χ2n) is 3.17. The van der Waals surface area contributed by atoms with Gasteiger partial charge in [0.15, 0.2) is 0 Å². The molecule has 0 unspecified atom stereocenters. The Morgan fingerprint density at radius 3 is 2.93 bits per heavy atom. The summed E-state index contributed by atoms with van der Waals surface area (Å²) in [4.78, 5) is 0. The van der Waals surface area contributed by atoms with Crippen LogP contribution in [0.4, 0.5) is 0 Å². The monoisotopic (exact) mass is 269 g/mol. The van der Waals surface area contributed by atoms with Gasteiger partial charge in [0, 0.05) is 26.5 Å². The zero-order valence-electron chi connectivity index (χ0n) is 7.64. The Morgan fingerprint density at radius 1 is 1.36 bits per heavy atom. The van der Waals surface area contributed by atoms with E-state index in [1.54, 1.807) is 0 Å². The highest BCUT2D eigenvalue weighted by Crippen LogP contribution is 2.27. The summed E-state index contributed by atoms with van der Waals surface area (Å²) in [5, 5.41) is 4.04. The molecule has 0 saturated heterocycles. The topological polar surface area (TPSA) is 12.0 Å². The minimum absolute atomic E-state index is 0.740. The minimum atomic E-state index is 0.740. The molecule has 1 aliphatic heterocycles. The van der Waals surface area contributed by atoms with Crippen LogP contribution in [0.3, 0.4) is 0 Å². The molecule has 1 heterocycles. The molecule has 0 saturated carbocycles. The van der Waals surface area contributed by atoms with Crippen molar-refractivity contribution in [3.8, 4) is 0 Å². The molecule has 2 aliphatic rings. The van der Waals surface area contributed by atoms with E-state index in [9.17, 15) is 0 Å². The lowest BCUT2D eigenvalue weighted by molar-refractivity contribution is 0.968. The summed E-state index contributed by atoms with van der Waals surface area (Å²) in [5.41, 5.74) is 3.29. The van der Waals surface area contributed by atoms with E-state index >= 15 is 0 Å². The molecule has 0 aromatic heterocycles. The third kappa shape index (κ3) is 1.86. The number of fused-ring (bicyclic) bond motifs is 1. The van der Waals surface area contributed by atoms with E-state index in [-0.39, 0.29) is 0 Å². The summed E-state index contributed by atoms with van der Waals surface area (Å²) in [6, 6.07) is 0. The Labute approximate surface area is 96.6 Å². The molecule has 0 amide bonds. The number of nitrogens with one attached hydrogen (secondary N) is 1. The van der Waals surface area contributed by atoms with Crippen molar-refractivity contribution >= 4 is 27.5 Å². The maximum absolute atomic E-state index is 5.97. The van der Waals surface area contributed by atoms with E-state index < -0.39 is 0 Å². The molecule has 2 rings (SSSR count). The first-order valence-electron chi connectivity index (χ1n) is 4.28. The Balaban J connectivity index is 2.49. The van der Waals surface area contributed by atoms with Gasteiger partial charge >= 0.3 is 0 Å². The van der Waals surface area contributed by atoms with Crippen molar-refractivity contribution in [2.24, 2.45) is 0 Å². The summed E-state index contributed by atoms with van der Waals surface area (Å²) >= 11 is 9.45. The molecule has 1 nitrogen and oxygen atoms in total. The predicted molar refractivity (Wildman–Crippen MR) is 64.0 cm³/mol. The van der Waals surface area contributed by atoms with Crippen molar-refractivity contribution in [2.45, 2.75) is 6.92 Å². The lowest BCUT2D eigenvalue weighted by atomic mass is 10.1. The number of rotatable bonds is 0. The standard InChI is InChI=1S/C11H9BrClN/c1-7-10(12)6-8-5-9(13)3-2-4-11(8)14-7/h2-6,14H,1H3. The normalized spacial score (nSPS) is 20.4. The second kappa shape index (κ2) is 3.79. The van der Waals surface area contributed by atoms with Crippen molar-refractivity contribution in [3.05, 3.63) is 56.9 Å². The molecule has 14 heavy (non-hydrogen) atoms. The summed E-state index contributed by atoms with van der Waals surface area (Å²) in [5.74, 6) is 0. The Kier molecular flexibility index (Phi) is 2.66. The van der Waals surface area contributed by atoms with Gasteiger partial charge in [-0.25, -0.2) is 0 Å². The molecule has 0 fully saturated rings. The van der Waals surface area contributed by atoms with Crippen molar-refractivity contribution in [1.29, 1.82) is 0 Å². The molecule has 0 aromatic carbocycles. The Bertz CT molecular complexity index is 425. The number of hydrogen-bond acceptors (Lipinski definition) is 1. The van der Waals surface area contributed by atoms with Gasteiger partial charge in [0.2, 0.25) is 0 Å². The maximum Gasteiger partial charge on any atom is 0.0456 e. The van der Waals surface area contributed by atoms with Crippen LogP contribution < -0.4 is 5.32 Å². The van der Waals surface area contributed by atoms with E-state index in [0.29, 0.717) is 0 Å². The van der Waals surface area contributed by atoms with Crippen molar-refractivity contribution in [1.82, 2.24) is 5.32 Å². The SMILES string of the molecule is CC1=C(Br)C=C2C=C(Cl)C=CC=C2N1. The lowest BCUT2D eigenvalue weighted by Gasteiger charge is -2.18. The van der Waals surface area contributed by atoms with Gasteiger partial charge in [-0.1, -0.05) is 17.7 Å². The summed E-state index contributed by atoms with van der Waals surface area (Å²) in [6.45, 7) is 2.03. The molecule has 0 radical (unpaired) electrons. The average molecular weight is 271 g/mol. The van der Waals surface area contributed by atoms with Gasteiger partial charge in [-0.05, 0) is 47.2 Å². The van der Waals surface area contributed by atoms with Crippen LogP contribution in [0.25, 0.3) is 0 Å². The zero-order chi connectivity index (χ0) is 10.1. The highest BCUT2D eigenvalue weighted by Gasteiger charge is 2.12. The van der Waals surface area contributed by atoms with Gasteiger partial charge < -0.3 is 5.32 Å². The molecular weight excluding hydrogens is 261 g/mol. The number of dihydropyridines is 1. The highest BCUT2D eigenvalue weighted by molar-refractivity contribution is 9.11. The van der Waals surface area contributed by atoms with Crippen LogP contribution in [0.1, 0.15) is 6.92 Å². The summed E-state index contributed by atoms with van der Waals surface area (Å²) in [7, 11) is 0. The van der Waals surface area contributed by atoms with Gasteiger partial charge in [-0.2, -0.15) is 0 Å². The van der Waals surface area contributed by atoms with Gasteiger partial charge in [0.25, 0.3) is 0 Å². The van der Waals surface area contributed by atoms with Crippen molar-refractivity contribution in [3.63, 3.8) is 0 Å². The molecule has 0 bridgehead atoms. The lowest BCUT2D eigenvalue weighted by Crippen LogP contribution is -2.16. The summed E-state index contributed by atoms with van der Waals surface area (Å²) in [6.07, 6.45) is 9.83. The fourth-order valence-corrected chi connectivity index (χ4v) is 1.88. The Hall–Kier alpha value is -0.730. The van der Waals surface area contributed by atoms with Gasteiger partial charge in [0.1, 0.15) is 0 Å². The van der Waals surface area contributed by atoms with Gasteiger partial charge in [0.05, 0.1) is 0 Å². The van der Waals surface area contributed by atoms with Gasteiger partial charge in [-0.15, -0.1) is 0 Å². The quantitative estimate of drug-likeness (QED) is 0.707. The fraction of sp³-hybridized carbons (Fsp3) is 0.0909. The molecule has 0 spiro atoms. The first-order chi connectivity index (χ1) is 6.66. The fourth-order valence-electron chi connectivity index (χ4n) is 1.35. The molecular formula is C11H9BrClN. The third-order valence-electron chi connectivity index (χ3n) is 2.09. The van der Waals surface area contributed by atoms with E-state index in [1.165, 1.54) is 0 Å². The van der Waals surface area contributed by atoms with Crippen LogP contribution in [-0.4, -0.2) is 0 Å². The van der Waals surface area contributed by atoms with E-state index in [1.807, 2.05) is 31.2 Å². The van der Waals surface area contributed by atoms with Crippen LogP contribution in [0.15, 0.2) is 56.9 Å². The van der Waals surface area contributed by atoms with E-state index in [4.69, 9.17) is 11.6 Å². The van der Waals surface area contributed by atoms with Crippen LogP contribution in [0.2, 0.25) is 0 Å². The summed E-state index contributed by atoms with van der Waals surface area (Å²) < 4.78 is 1.06. The average Bonchev–Trinajstić information content (AvgIpc) is 2.28. The first kappa shape index (κ1) is 9.81. The van der Waals surface area contributed by atoms with Crippen LogP contribution in [-0.2, 0) is 0 Å². The van der Waals surface area contributed by atoms with Crippen molar-refractivity contribution in [2.75, 3.05) is 0 Å².